The summed E-state index contributed by atoms with van der Waals surface area (Å²) in [4.78, 5) is 4.14. The molecule has 0 saturated heterocycles. The third kappa shape index (κ3) is 1.15. The molecule has 1 aromatic heterocycles. The van der Waals surface area contributed by atoms with E-state index in [1.54, 1.807) is 6.20 Å². The maximum Gasteiger partial charge on any atom is 0.0580 e. The van der Waals surface area contributed by atoms with Crippen LogP contribution < -0.4 is 5.73 Å². The Labute approximate surface area is 87.4 Å². The zero-order valence-electron chi connectivity index (χ0n) is 8.14. The van der Waals surface area contributed by atoms with Crippen LogP contribution in [0.3, 0.4) is 0 Å². The molecule has 0 saturated carbocycles. The van der Waals surface area contributed by atoms with E-state index in [4.69, 9.17) is 5.73 Å². The molecule has 72 valence electrons. The molecule has 1 heterocycles. The van der Waals surface area contributed by atoms with Crippen molar-refractivity contribution in [3.05, 3.63) is 48.8 Å². The summed E-state index contributed by atoms with van der Waals surface area (Å²) in [7, 11) is 0. The number of anilines is 1. The third-order valence-electron chi connectivity index (χ3n) is 2.70. The van der Waals surface area contributed by atoms with Crippen molar-refractivity contribution < 1.29 is 0 Å². The van der Waals surface area contributed by atoms with E-state index in [1.807, 2.05) is 18.3 Å². The maximum absolute atomic E-state index is 5.88. The van der Waals surface area contributed by atoms with E-state index in [0.717, 1.165) is 16.5 Å². The average Bonchev–Trinajstić information content (AvgIpc) is 2.29. The van der Waals surface area contributed by atoms with Crippen molar-refractivity contribution >= 4 is 27.2 Å². The minimum atomic E-state index is 0.734. The molecular weight excluding hydrogens is 184 g/mol. The van der Waals surface area contributed by atoms with Gasteiger partial charge in [0.05, 0.1) is 11.9 Å². The van der Waals surface area contributed by atoms with Crippen molar-refractivity contribution in [2.24, 2.45) is 0 Å². The van der Waals surface area contributed by atoms with Gasteiger partial charge in [-0.2, -0.15) is 0 Å². The fourth-order valence-electron chi connectivity index (χ4n) is 1.95. The Kier molecular flexibility index (Phi) is 1.62. The summed E-state index contributed by atoms with van der Waals surface area (Å²) in [6.45, 7) is 0. The number of nitrogen functional groups attached to an aromatic ring is 1. The summed E-state index contributed by atoms with van der Waals surface area (Å²) >= 11 is 0. The SMILES string of the molecule is Nc1cncc2c1ccc1ccccc12. The van der Waals surface area contributed by atoms with Crippen LogP contribution in [0.4, 0.5) is 5.69 Å². The monoisotopic (exact) mass is 194 g/mol. The summed E-state index contributed by atoms with van der Waals surface area (Å²) in [5, 5.41) is 4.61. The van der Waals surface area contributed by atoms with Crippen molar-refractivity contribution in [1.82, 2.24) is 4.98 Å². The molecule has 0 unspecified atom stereocenters. The van der Waals surface area contributed by atoms with E-state index in [0.29, 0.717) is 0 Å². The van der Waals surface area contributed by atoms with Crippen LogP contribution in [0.2, 0.25) is 0 Å². The van der Waals surface area contributed by atoms with Gasteiger partial charge in [0.1, 0.15) is 0 Å². The minimum Gasteiger partial charge on any atom is -0.397 e. The van der Waals surface area contributed by atoms with Crippen molar-refractivity contribution in [3.63, 3.8) is 0 Å². The van der Waals surface area contributed by atoms with Crippen molar-refractivity contribution in [3.8, 4) is 0 Å². The van der Waals surface area contributed by atoms with Crippen LogP contribution in [0.15, 0.2) is 48.8 Å². The highest BCUT2D eigenvalue weighted by atomic mass is 14.7. The largest absolute Gasteiger partial charge is 0.397 e. The molecule has 0 aliphatic heterocycles. The molecule has 2 nitrogen and oxygen atoms in total. The van der Waals surface area contributed by atoms with E-state index >= 15 is 0 Å². The van der Waals surface area contributed by atoms with Crippen LogP contribution in [-0.2, 0) is 0 Å². The van der Waals surface area contributed by atoms with Gasteiger partial charge in [-0.1, -0.05) is 36.4 Å². The predicted octanol–water partition coefficient (Wildman–Crippen LogP) is 2.97. The summed E-state index contributed by atoms with van der Waals surface area (Å²) < 4.78 is 0. The summed E-state index contributed by atoms with van der Waals surface area (Å²) in [6, 6.07) is 12.4. The summed E-state index contributed by atoms with van der Waals surface area (Å²) in [5.74, 6) is 0. The Bertz CT molecular complexity index is 644. The number of fused-ring (bicyclic) bond motifs is 3. The number of pyridine rings is 1. The molecule has 0 amide bonds. The second-order valence-corrected chi connectivity index (χ2v) is 3.61. The first-order chi connectivity index (χ1) is 7.36. The molecule has 3 aromatic rings. The normalized spacial score (nSPS) is 10.9. The number of aromatic nitrogens is 1. The third-order valence-corrected chi connectivity index (χ3v) is 2.70. The number of rotatable bonds is 0. The van der Waals surface area contributed by atoms with Gasteiger partial charge in [-0.25, -0.2) is 0 Å². The summed E-state index contributed by atoms with van der Waals surface area (Å²) in [6.07, 6.45) is 3.56. The number of nitrogens with zero attached hydrogens (tertiary/aromatic N) is 1. The van der Waals surface area contributed by atoms with Crippen molar-refractivity contribution in [2.45, 2.75) is 0 Å². The van der Waals surface area contributed by atoms with E-state index in [1.165, 1.54) is 10.8 Å². The zero-order chi connectivity index (χ0) is 10.3. The van der Waals surface area contributed by atoms with E-state index in [-0.39, 0.29) is 0 Å². The van der Waals surface area contributed by atoms with Gasteiger partial charge in [0, 0.05) is 17.0 Å². The lowest BCUT2D eigenvalue weighted by molar-refractivity contribution is 1.37. The molecule has 0 aliphatic carbocycles. The highest BCUT2D eigenvalue weighted by Gasteiger charge is 2.01. The van der Waals surface area contributed by atoms with E-state index in [9.17, 15) is 0 Å². The molecule has 2 aromatic carbocycles. The fourth-order valence-corrected chi connectivity index (χ4v) is 1.95. The highest BCUT2D eigenvalue weighted by molar-refractivity contribution is 6.10. The molecule has 0 aliphatic rings. The Morgan fingerprint density at radius 3 is 2.60 bits per heavy atom. The van der Waals surface area contributed by atoms with Gasteiger partial charge in [-0.05, 0) is 10.8 Å². The molecule has 0 spiro atoms. The van der Waals surface area contributed by atoms with Crippen molar-refractivity contribution in [1.29, 1.82) is 0 Å². The Morgan fingerprint density at radius 1 is 0.800 bits per heavy atom. The quantitative estimate of drug-likeness (QED) is 0.559. The Balaban J connectivity index is 2.60. The van der Waals surface area contributed by atoms with Gasteiger partial charge in [0.25, 0.3) is 0 Å². The molecule has 0 radical (unpaired) electrons. The first-order valence-electron chi connectivity index (χ1n) is 4.87. The fraction of sp³-hybridized carbons (Fsp3) is 0. The van der Waals surface area contributed by atoms with Crippen molar-refractivity contribution in [2.75, 3.05) is 5.73 Å². The first kappa shape index (κ1) is 8.24. The average molecular weight is 194 g/mol. The standard InChI is InChI=1S/C13H10N2/c14-13-8-15-7-12-10-4-2-1-3-9(10)5-6-11(12)13/h1-8H,14H2. The second kappa shape index (κ2) is 2.95. The summed E-state index contributed by atoms with van der Waals surface area (Å²) in [5.41, 5.74) is 6.62. The topological polar surface area (TPSA) is 38.9 Å². The number of benzene rings is 2. The minimum absolute atomic E-state index is 0.734. The molecular formula is C13H10N2. The first-order valence-corrected chi connectivity index (χ1v) is 4.87. The highest BCUT2D eigenvalue weighted by Crippen LogP contribution is 2.27. The zero-order valence-corrected chi connectivity index (χ0v) is 8.14. The maximum atomic E-state index is 5.88. The number of hydrogen-bond acceptors (Lipinski definition) is 2. The lowest BCUT2D eigenvalue weighted by Crippen LogP contribution is -1.88. The van der Waals surface area contributed by atoms with E-state index < -0.39 is 0 Å². The molecule has 0 bridgehead atoms. The molecule has 15 heavy (non-hydrogen) atoms. The van der Waals surface area contributed by atoms with Gasteiger partial charge in [-0.15, -0.1) is 0 Å². The van der Waals surface area contributed by atoms with E-state index in [2.05, 4.69) is 29.2 Å². The van der Waals surface area contributed by atoms with Crippen LogP contribution in [0.1, 0.15) is 0 Å². The molecule has 2 heteroatoms. The van der Waals surface area contributed by atoms with Gasteiger partial charge in [0.2, 0.25) is 0 Å². The lowest BCUT2D eigenvalue weighted by Gasteiger charge is -2.04. The van der Waals surface area contributed by atoms with Gasteiger partial charge in [0.15, 0.2) is 0 Å². The smallest absolute Gasteiger partial charge is 0.0580 e. The number of nitrogens with two attached hydrogens (primary N) is 1. The van der Waals surface area contributed by atoms with Gasteiger partial charge < -0.3 is 5.73 Å². The van der Waals surface area contributed by atoms with Crippen LogP contribution in [-0.4, -0.2) is 4.98 Å². The molecule has 2 N–H and O–H groups in total. The van der Waals surface area contributed by atoms with Crippen LogP contribution in [0.5, 0.6) is 0 Å². The van der Waals surface area contributed by atoms with Crippen LogP contribution >= 0.6 is 0 Å². The molecule has 0 atom stereocenters. The lowest BCUT2D eigenvalue weighted by atomic mass is 10.0. The van der Waals surface area contributed by atoms with Gasteiger partial charge in [-0.3, -0.25) is 4.98 Å². The predicted molar refractivity (Wildman–Crippen MR) is 63.7 cm³/mol. The van der Waals surface area contributed by atoms with Crippen LogP contribution in [0.25, 0.3) is 21.5 Å². The Morgan fingerprint density at radius 2 is 1.67 bits per heavy atom. The second-order valence-electron chi connectivity index (χ2n) is 3.61. The number of hydrogen-bond donors (Lipinski definition) is 1. The Hall–Kier alpha value is -2.09. The van der Waals surface area contributed by atoms with Crippen LogP contribution in [0, 0.1) is 0 Å². The van der Waals surface area contributed by atoms with Gasteiger partial charge >= 0.3 is 0 Å². The molecule has 0 fully saturated rings. The molecule has 3 rings (SSSR count).